The van der Waals surface area contributed by atoms with Crippen LogP contribution in [-0.2, 0) is 6.42 Å². The van der Waals surface area contributed by atoms with Gasteiger partial charge in [-0.25, -0.2) is 8.78 Å². The highest BCUT2D eigenvalue weighted by Gasteiger charge is 2.25. The van der Waals surface area contributed by atoms with Crippen molar-refractivity contribution < 1.29 is 8.78 Å². The molecule has 1 fully saturated rings. The topological polar surface area (TPSA) is 0 Å². The molecule has 0 aromatic heterocycles. The highest BCUT2D eigenvalue weighted by atomic mass is 79.9. The fourth-order valence-corrected chi connectivity index (χ4v) is 3.03. The Hall–Kier alpha value is -0.440. The molecule has 0 nitrogen and oxygen atoms in total. The predicted octanol–water partition coefficient (Wildman–Crippen LogP) is 4.07. The van der Waals surface area contributed by atoms with Crippen molar-refractivity contribution in [3.05, 3.63) is 35.4 Å². The van der Waals surface area contributed by atoms with Gasteiger partial charge >= 0.3 is 0 Å². The fourth-order valence-electron chi connectivity index (χ4n) is 2.25. The van der Waals surface area contributed by atoms with E-state index >= 15 is 0 Å². The predicted molar refractivity (Wildman–Crippen MR) is 60.1 cm³/mol. The van der Waals surface area contributed by atoms with E-state index < -0.39 is 11.6 Å². The number of rotatable bonds is 2. The van der Waals surface area contributed by atoms with Crippen molar-refractivity contribution in [1.82, 2.24) is 0 Å². The van der Waals surface area contributed by atoms with Crippen LogP contribution in [0.25, 0.3) is 0 Å². The van der Waals surface area contributed by atoms with Crippen molar-refractivity contribution in [3.8, 4) is 0 Å². The van der Waals surface area contributed by atoms with Crippen LogP contribution >= 0.6 is 15.9 Å². The second kappa shape index (κ2) is 4.60. The quantitative estimate of drug-likeness (QED) is 0.714. The Kier molecular flexibility index (Phi) is 3.39. The van der Waals surface area contributed by atoms with Gasteiger partial charge in [0.05, 0.1) is 0 Å². The van der Waals surface area contributed by atoms with Crippen molar-refractivity contribution in [2.45, 2.75) is 30.5 Å². The Bertz CT molecular complexity index is 331. The lowest BCUT2D eigenvalue weighted by atomic mass is 9.98. The lowest BCUT2D eigenvalue weighted by Crippen LogP contribution is -2.10. The monoisotopic (exact) mass is 274 g/mol. The van der Waals surface area contributed by atoms with Gasteiger partial charge in [0.15, 0.2) is 0 Å². The molecule has 0 radical (unpaired) electrons. The molecule has 1 saturated carbocycles. The minimum absolute atomic E-state index is 0.478. The summed E-state index contributed by atoms with van der Waals surface area (Å²) in [5, 5.41) is 0. The van der Waals surface area contributed by atoms with Gasteiger partial charge in [-0.1, -0.05) is 22.4 Å². The number of alkyl halides is 1. The van der Waals surface area contributed by atoms with Gasteiger partial charge < -0.3 is 0 Å². The lowest BCUT2D eigenvalue weighted by molar-refractivity contribution is 0.545. The molecule has 0 aliphatic heterocycles. The Morgan fingerprint density at radius 3 is 2.33 bits per heavy atom. The summed E-state index contributed by atoms with van der Waals surface area (Å²) in [6, 6.07) is 3.78. The molecule has 15 heavy (non-hydrogen) atoms. The van der Waals surface area contributed by atoms with Crippen LogP contribution in [0.4, 0.5) is 8.78 Å². The van der Waals surface area contributed by atoms with Gasteiger partial charge in [-0.2, -0.15) is 0 Å². The number of hydrogen-bond acceptors (Lipinski definition) is 0. The third-order valence-electron chi connectivity index (χ3n) is 2.99. The largest absolute Gasteiger partial charge is 0.207 e. The molecule has 0 bridgehead atoms. The van der Waals surface area contributed by atoms with Crippen molar-refractivity contribution >= 4 is 15.9 Å². The van der Waals surface area contributed by atoms with Gasteiger partial charge in [-0.05, 0) is 42.9 Å². The summed E-state index contributed by atoms with van der Waals surface area (Å²) in [5.74, 6) is -0.436. The van der Waals surface area contributed by atoms with Gasteiger partial charge in [-0.15, -0.1) is 0 Å². The highest BCUT2D eigenvalue weighted by molar-refractivity contribution is 9.09. The zero-order valence-corrected chi connectivity index (χ0v) is 9.94. The standard InChI is InChI=1S/C12H13BrF2/c13-12-3-1-2-9(12)4-8-5-10(14)7-11(15)6-8/h5-7,9,12H,1-4H2. The van der Waals surface area contributed by atoms with Crippen molar-refractivity contribution in [1.29, 1.82) is 0 Å². The van der Waals surface area contributed by atoms with Crippen LogP contribution in [-0.4, -0.2) is 4.83 Å². The summed E-state index contributed by atoms with van der Waals surface area (Å²) in [5.41, 5.74) is 0.767. The lowest BCUT2D eigenvalue weighted by Gasteiger charge is -2.13. The van der Waals surface area contributed by atoms with E-state index in [-0.39, 0.29) is 0 Å². The van der Waals surface area contributed by atoms with E-state index in [1.165, 1.54) is 25.0 Å². The summed E-state index contributed by atoms with van der Waals surface area (Å²) < 4.78 is 25.9. The summed E-state index contributed by atoms with van der Waals surface area (Å²) in [6.45, 7) is 0. The van der Waals surface area contributed by atoms with Crippen LogP contribution < -0.4 is 0 Å². The molecular formula is C12H13BrF2. The highest BCUT2D eigenvalue weighted by Crippen LogP contribution is 2.34. The Morgan fingerprint density at radius 2 is 1.80 bits per heavy atom. The smallest absolute Gasteiger partial charge is 0.126 e. The molecule has 0 N–H and O–H groups in total. The molecule has 82 valence electrons. The summed E-state index contributed by atoms with van der Waals surface area (Å²) >= 11 is 3.61. The molecule has 1 aromatic carbocycles. The van der Waals surface area contributed by atoms with Crippen molar-refractivity contribution in [2.75, 3.05) is 0 Å². The fraction of sp³-hybridized carbons (Fsp3) is 0.500. The number of benzene rings is 1. The van der Waals surface area contributed by atoms with E-state index in [1.54, 1.807) is 0 Å². The second-order valence-electron chi connectivity index (χ2n) is 4.19. The molecule has 3 heteroatoms. The van der Waals surface area contributed by atoms with E-state index in [1.807, 2.05) is 0 Å². The molecule has 2 rings (SSSR count). The van der Waals surface area contributed by atoms with Crippen LogP contribution in [0.2, 0.25) is 0 Å². The van der Waals surface area contributed by atoms with E-state index in [2.05, 4.69) is 15.9 Å². The Labute approximate surface area is 96.8 Å². The molecule has 0 amide bonds. The maximum atomic E-state index is 12.9. The van der Waals surface area contributed by atoms with E-state index in [0.29, 0.717) is 10.7 Å². The van der Waals surface area contributed by atoms with Crippen LogP contribution in [0.3, 0.4) is 0 Å². The minimum Gasteiger partial charge on any atom is -0.207 e. The Balaban J connectivity index is 2.10. The molecule has 1 aliphatic carbocycles. The first kappa shape index (κ1) is 11.1. The SMILES string of the molecule is Fc1cc(F)cc(CC2CCCC2Br)c1. The maximum absolute atomic E-state index is 12.9. The van der Waals surface area contributed by atoms with Crippen LogP contribution in [0.15, 0.2) is 18.2 Å². The van der Waals surface area contributed by atoms with Gasteiger partial charge in [0.2, 0.25) is 0 Å². The molecule has 0 saturated heterocycles. The first-order chi connectivity index (χ1) is 7.15. The normalized spacial score (nSPS) is 25.8. The van der Waals surface area contributed by atoms with E-state index in [0.717, 1.165) is 24.5 Å². The molecular weight excluding hydrogens is 262 g/mol. The van der Waals surface area contributed by atoms with Gasteiger partial charge in [-0.3, -0.25) is 0 Å². The number of halogens is 3. The molecule has 0 heterocycles. The third-order valence-corrected chi connectivity index (χ3v) is 4.19. The molecule has 2 atom stereocenters. The van der Waals surface area contributed by atoms with Crippen LogP contribution in [0.5, 0.6) is 0 Å². The zero-order valence-electron chi connectivity index (χ0n) is 8.35. The van der Waals surface area contributed by atoms with Crippen LogP contribution in [0, 0.1) is 17.6 Å². The van der Waals surface area contributed by atoms with Gasteiger partial charge in [0, 0.05) is 10.9 Å². The zero-order chi connectivity index (χ0) is 10.8. The van der Waals surface area contributed by atoms with Gasteiger partial charge in [0.1, 0.15) is 11.6 Å². The third kappa shape index (κ3) is 2.77. The van der Waals surface area contributed by atoms with E-state index in [9.17, 15) is 8.78 Å². The van der Waals surface area contributed by atoms with E-state index in [4.69, 9.17) is 0 Å². The van der Waals surface area contributed by atoms with Crippen LogP contribution in [0.1, 0.15) is 24.8 Å². The maximum Gasteiger partial charge on any atom is 0.126 e. The molecule has 2 unspecified atom stereocenters. The first-order valence-electron chi connectivity index (χ1n) is 5.24. The average molecular weight is 275 g/mol. The summed E-state index contributed by atoms with van der Waals surface area (Å²) in [6.07, 6.45) is 4.29. The summed E-state index contributed by atoms with van der Waals surface area (Å²) in [7, 11) is 0. The van der Waals surface area contributed by atoms with Gasteiger partial charge in [0.25, 0.3) is 0 Å². The second-order valence-corrected chi connectivity index (χ2v) is 5.36. The average Bonchev–Trinajstić information content (AvgIpc) is 2.50. The number of hydrogen-bond donors (Lipinski definition) is 0. The van der Waals surface area contributed by atoms with Crippen molar-refractivity contribution in [3.63, 3.8) is 0 Å². The molecule has 1 aliphatic rings. The van der Waals surface area contributed by atoms with Crippen molar-refractivity contribution in [2.24, 2.45) is 5.92 Å². The Morgan fingerprint density at radius 1 is 1.13 bits per heavy atom. The first-order valence-corrected chi connectivity index (χ1v) is 6.16. The molecule has 1 aromatic rings. The summed E-state index contributed by atoms with van der Waals surface area (Å²) in [4.78, 5) is 0.504. The minimum atomic E-state index is -0.478. The molecule has 0 spiro atoms.